The van der Waals surface area contributed by atoms with Gasteiger partial charge in [0.25, 0.3) is 0 Å². The second-order valence-electron chi connectivity index (χ2n) is 5.46. The van der Waals surface area contributed by atoms with Gasteiger partial charge in [-0.25, -0.2) is 0 Å². The van der Waals surface area contributed by atoms with E-state index in [0.29, 0.717) is 0 Å². The van der Waals surface area contributed by atoms with Crippen molar-refractivity contribution in [1.82, 2.24) is 0 Å². The van der Waals surface area contributed by atoms with Crippen molar-refractivity contribution in [3.8, 4) is 0 Å². The molecule has 136 valence electrons. The number of hydrogen-bond acceptors (Lipinski definition) is 10. The molecule has 2 rings (SSSR count). The minimum Gasteiger partial charge on any atom is -0.545 e. The molecule has 6 atom stereocenters. The topological polar surface area (TPSA) is 202 Å². The molecule has 0 saturated carbocycles. The molecule has 0 radical (unpaired) electrons. The minimum absolute atomic E-state index is 0. The van der Waals surface area contributed by atoms with Gasteiger partial charge in [0.1, 0.15) is 24.4 Å². The third kappa shape index (κ3) is 7.11. The summed E-state index contributed by atoms with van der Waals surface area (Å²) in [7, 11) is 0. The number of carbonyl (C=O) groups excluding carboxylic acids is 2. The van der Waals surface area contributed by atoms with E-state index in [1.54, 1.807) is 0 Å². The van der Waals surface area contributed by atoms with E-state index < -0.39 is 48.6 Å². The summed E-state index contributed by atoms with van der Waals surface area (Å²) in [6, 6.07) is 0. The summed E-state index contributed by atoms with van der Waals surface area (Å²) in [5, 5.41) is 74.5. The van der Waals surface area contributed by atoms with Crippen LogP contribution in [-0.4, -0.2) is 128 Å². The van der Waals surface area contributed by atoms with Crippen LogP contribution in [-0.2, 0) is 9.59 Å². The summed E-state index contributed by atoms with van der Waals surface area (Å²) in [5.41, 5.74) is -0.361. The first-order valence-electron chi connectivity index (χ1n) is 6.97. The molecule has 11 heteroatoms. The van der Waals surface area contributed by atoms with Crippen molar-refractivity contribution in [3.05, 3.63) is 23.3 Å². The Morgan fingerprint density at radius 3 is 1.24 bits per heavy atom. The normalized spacial score (nSPS) is 34.5. The zero-order chi connectivity index (χ0) is 18.6. The van der Waals surface area contributed by atoms with Crippen LogP contribution < -0.4 is 10.2 Å². The van der Waals surface area contributed by atoms with Gasteiger partial charge in [-0.3, -0.25) is 0 Å². The van der Waals surface area contributed by atoms with Crippen LogP contribution in [0.2, 0.25) is 0 Å². The fraction of sp³-hybridized carbons (Fsp3) is 0.571. The van der Waals surface area contributed by atoms with Crippen molar-refractivity contribution < 1.29 is 50.4 Å². The van der Waals surface area contributed by atoms with Crippen LogP contribution in [0.4, 0.5) is 0 Å². The average Bonchev–Trinajstić information content (AvgIpc) is 2.49. The van der Waals surface area contributed by atoms with Gasteiger partial charge in [-0.05, 0) is 23.3 Å². The Hall–Kier alpha value is -0.249. The third-order valence-corrected chi connectivity index (χ3v) is 3.61. The van der Waals surface area contributed by atoms with E-state index in [-0.39, 0.29) is 72.9 Å². The Balaban J connectivity index is 0.000000443. The van der Waals surface area contributed by atoms with Crippen LogP contribution in [0.5, 0.6) is 0 Å². The number of carbonyl (C=O) groups is 2. The Labute approximate surface area is 182 Å². The molecule has 6 N–H and O–H groups in total. The zero-order valence-electron chi connectivity index (χ0n) is 13.1. The standard InChI is InChI=1S/2C7H10O5.Ba/c2*8-4-1-3(7(11)12)2-5(9)6(4)10;/h2*1,4-6,8-10H,2H2,(H,11,12);/q;;+2/p-2. The molecule has 25 heavy (non-hydrogen) atoms. The monoisotopic (exact) mass is 484 g/mol. The number of carboxylic acids is 2. The van der Waals surface area contributed by atoms with Crippen molar-refractivity contribution >= 4 is 60.8 Å². The second kappa shape index (κ2) is 10.8. The van der Waals surface area contributed by atoms with Crippen molar-refractivity contribution in [1.29, 1.82) is 0 Å². The molecule has 0 amide bonds. The maximum Gasteiger partial charge on any atom is 2.00 e. The summed E-state index contributed by atoms with van der Waals surface area (Å²) in [6.45, 7) is 0. The number of carboxylic acid groups (broad SMARTS) is 2. The molecule has 2 aliphatic rings. The molecule has 0 bridgehead atoms. The number of rotatable bonds is 2. The van der Waals surface area contributed by atoms with Gasteiger partial charge in [0.15, 0.2) is 0 Å². The van der Waals surface area contributed by atoms with E-state index in [1.165, 1.54) is 0 Å². The van der Waals surface area contributed by atoms with E-state index >= 15 is 0 Å². The zero-order valence-corrected chi connectivity index (χ0v) is 17.5. The van der Waals surface area contributed by atoms with Gasteiger partial charge in [-0.15, -0.1) is 0 Å². The van der Waals surface area contributed by atoms with E-state index in [1.807, 2.05) is 0 Å². The van der Waals surface area contributed by atoms with Crippen molar-refractivity contribution in [2.45, 2.75) is 49.5 Å². The van der Waals surface area contributed by atoms with Crippen LogP contribution >= 0.6 is 0 Å². The van der Waals surface area contributed by atoms with Crippen LogP contribution in [0.1, 0.15) is 12.8 Å². The van der Waals surface area contributed by atoms with Gasteiger partial charge < -0.3 is 50.4 Å². The maximum absolute atomic E-state index is 10.3. The van der Waals surface area contributed by atoms with Crippen LogP contribution in [0.25, 0.3) is 0 Å². The molecule has 0 saturated heterocycles. The third-order valence-electron chi connectivity index (χ3n) is 3.61. The molecule has 0 spiro atoms. The molecule has 0 aromatic carbocycles. The minimum atomic E-state index is -1.43. The Morgan fingerprint density at radius 2 is 1.04 bits per heavy atom. The molecule has 0 aromatic heterocycles. The fourth-order valence-electron chi connectivity index (χ4n) is 2.20. The second-order valence-corrected chi connectivity index (χ2v) is 5.46. The van der Waals surface area contributed by atoms with Gasteiger partial charge >= 0.3 is 48.9 Å². The summed E-state index contributed by atoms with van der Waals surface area (Å²) in [5.74, 6) is -2.86. The van der Waals surface area contributed by atoms with Crippen LogP contribution in [0.3, 0.4) is 0 Å². The summed E-state index contributed by atoms with van der Waals surface area (Å²) >= 11 is 0. The smallest absolute Gasteiger partial charge is 0.545 e. The van der Waals surface area contributed by atoms with E-state index in [4.69, 9.17) is 30.6 Å². The Bertz CT molecular complexity index is 498. The van der Waals surface area contributed by atoms with Crippen molar-refractivity contribution in [3.63, 3.8) is 0 Å². The molecule has 2 aliphatic carbocycles. The molecule has 0 aromatic rings. The SMILES string of the molecule is O=C([O-])C1=CC(O)C(O)C(O)C1.O=C([O-])C1=CC(O)C(O)C(O)C1.[Ba+2]. The van der Waals surface area contributed by atoms with Crippen LogP contribution in [0, 0.1) is 0 Å². The number of aliphatic carboxylic acids is 2. The van der Waals surface area contributed by atoms with Gasteiger partial charge in [0, 0.05) is 12.8 Å². The van der Waals surface area contributed by atoms with E-state index in [9.17, 15) is 19.8 Å². The fourth-order valence-corrected chi connectivity index (χ4v) is 2.20. The van der Waals surface area contributed by atoms with Crippen molar-refractivity contribution in [2.24, 2.45) is 0 Å². The number of hydrogen-bond donors (Lipinski definition) is 6. The Morgan fingerprint density at radius 1 is 0.760 bits per heavy atom. The molecule has 6 unspecified atom stereocenters. The molecule has 10 nitrogen and oxygen atoms in total. The summed E-state index contributed by atoms with van der Waals surface area (Å²) in [4.78, 5) is 20.5. The quantitative estimate of drug-likeness (QED) is 0.205. The summed E-state index contributed by atoms with van der Waals surface area (Å²) < 4.78 is 0. The molecule has 0 aliphatic heterocycles. The predicted octanol–water partition coefficient (Wildman–Crippen LogP) is -6.08. The maximum atomic E-state index is 10.3. The van der Waals surface area contributed by atoms with Gasteiger partial charge in [-0.1, -0.05) is 0 Å². The average molecular weight is 484 g/mol. The Kier molecular flexibility index (Phi) is 10.7. The predicted molar refractivity (Wildman–Crippen MR) is 77.2 cm³/mol. The summed E-state index contributed by atoms with van der Waals surface area (Å²) in [6.07, 6.45) is -6.19. The van der Waals surface area contributed by atoms with Crippen molar-refractivity contribution in [2.75, 3.05) is 0 Å². The molecule has 0 fully saturated rings. The van der Waals surface area contributed by atoms with Gasteiger partial charge in [0.05, 0.1) is 24.1 Å². The number of aliphatic hydroxyl groups excluding tert-OH is 6. The van der Waals surface area contributed by atoms with Gasteiger partial charge in [-0.2, -0.15) is 0 Å². The number of aliphatic hydroxyl groups is 6. The molecule has 0 heterocycles. The van der Waals surface area contributed by atoms with E-state index in [2.05, 4.69) is 0 Å². The molecular weight excluding hydrogens is 465 g/mol. The first kappa shape index (κ1) is 24.8. The molecular formula is C14H18BaO10. The van der Waals surface area contributed by atoms with E-state index in [0.717, 1.165) is 12.2 Å². The van der Waals surface area contributed by atoms with Crippen LogP contribution in [0.15, 0.2) is 23.3 Å². The first-order valence-corrected chi connectivity index (χ1v) is 6.97. The van der Waals surface area contributed by atoms with Gasteiger partial charge in [0.2, 0.25) is 0 Å². The largest absolute Gasteiger partial charge is 2.00 e. The first-order chi connectivity index (χ1) is 11.0.